The number of benzene rings is 1. The lowest BCUT2D eigenvalue weighted by Crippen LogP contribution is -2.26. The third-order valence-electron chi connectivity index (χ3n) is 3.63. The maximum absolute atomic E-state index is 12.2. The summed E-state index contributed by atoms with van der Waals surface area (Å²) in [5, 5.41) is 3.23. The van der Waals surface area contributed by atoms with Gasteiger partial charge in [0.1, 0.15) is 0 Å². The van der Waals surface area contributed by atoms with Crippen molar-refractivity contribution in [2.45, 2.75) is 26.7 Å². The Morgan fingerprint density at radius 2 is 1.95 bits per heavy atom. The Bertz CT molecular complexity index is 747. The van der Waals surface area contributed by atoms with Gasteiger partial charge in [-0.1, -0.05) is 25.2 Å². The number of hydrogen-bond donors (Lipinski definition) is 2. The first kappa shape index (κ1) is 14.7. The van der Waals surface area contributed by atoms with Gasteiger partial charge in [-0.2, -0.15) is 0 Å². The molecular weight excluding hydrogens is 298 g/mol. The van der Waals surface area contributed by atoms with Crippen molar-refractivity contribution in [2.24, 2.45) is 5.41 Å². The summed E-state index contributed by atoms with van der Waals surface area (Å²) in [4.78, 5) is 29.4. The first-order valence-corrected chi connectivity index (χ1v) is 7.85. The van der Waals surface area contributed by atoms with Gasteiger partial charge in [0.25, 0.3) is 5.91 Å². The zero-order valence-electron chi connectivity index (χ0n) is 12.5. The smallest absolute Gasteiger partial charge is 0.257 e. The van der Waals surface area contributed by atoms with Gasteiger partial charge in [-0.3, -0.25) is 14.9 Å². The number of hydrogen-bond acceptors (Lipinski definition) is 5. The molecule has 1 heterocycles. The van der Waals surface area contributed by atoms with E-state index >= 15 is 0 Å². The lowest BCUT2D eigenvalue weighted by molar-refractivity contribution is 0.0915. The summed E-state index contributed by atoms with van der Waals surface area (Å²) in [7, 11) is 0. The molecule has 0 fully saturated rings. The number of carbonyl (C=O) groups is 2. The van der Waals surface area contributed by atoms with Crippen molar-refractivity contribution in [3.05, 3.63) is 40.4 Å². The van der Waals surface area contributed by atoms with Crippen LogP contribution in [-0.2, 0) is 6.42 Å². The van der Waals surface area contributed by atoms with E-state index in [1.807, 2.05) is 0 Å². The molecule has 0 saturated heterocycles. The average Bonchev–Trinajstić information content (AvgIpc) is 2.80. The lowest BCUT2D eigenvalue weighted by atomic mass is 9.78. The number of fused-ring (bicyclic) bond motifs is 1. The van der Waals surface area contributed by atoms with Gasteiger partial charge in [-0.05, 0) is 36.1 Å². The number of nitrogen functional groups attached to an aromatic ring is 1. The molecule has 2 aromatic rings. The number of nitrogens with zero attached hydrogens (tertiary/aromatic N) is 1. The Morgan fingerprint density at radius 1 is 1.27 bits per heavy atom. The molecule has 1 amide bonds. The zero-order valence-corrected chi connectivity index (χ0v) is 13.3. The van der Waals surface area contributed by atoms with Gasteiger partial charge in [0.2, 0.25) is 0 Å². The van der Waals surface area contributed by atoms with Gasteiger partial charge in [0.15, 0.2) is 10.9 Å². The molecule has 0 saturated carbocycles. The fraction of sp³-hybridized carbons (Fsp3) is 0.312. The minimum atomic E-state index is -0.252. The molecule has 22 heavy (non-hydrogen) atoms. The monoisotopic (exact) mass is 315 g/mol. The van der Waals surface area contributed by atoms with Crippen LogP contribution in [-0.4, -0.2) is 16.7 Å². The van der Waals surface area contributed by atoms with E-state index in [2.05, 4.69) is 24.1 Å². The van der Waals surface area contributed by atoms with E-state index in [9.17, 15) is 9.59 Å². The van der Waals surface area contributed by atoms with Crippen LogP contribution in [0.5, 0.6) is 0 Å². The molecular formula is C16H17N3O2S. The summed E-state index contributed by atoms with van der Waals surface area (Å²) >= 11 is 1.25. The van der Waals surface area contributed by atoms with Crippen molar-refractivity contribution >= 4 is 33.8 Å². The first-order chi connectivity index (χ1) is 10.3. The van der Waals surface area contributed by atoms with E-state index in [4.69, 9.17) is 5.73 Å². The number of amides is 1. The molecule has 0 aliphatic heterocycles. The van der Waals surface area contributed by atoms with Gasteiger partial charge in [0.05, 0.1) is 10.6 Å². The van der Waals surface area contributed by atoms with E-state index in [0.29, 0.717) is 27.7 Å². The quantitative estimate of drug-likeness (QED) is 0.834. The molecule has 6 heteroatoms. The Kier molecular flexibility index (Phi) is 3.48. The van der Waals surface area contributed by atoms with Crippen LogP contribution in [0.25, 0.3) is 0 Å². The molecule has 0 radical (unpaired) electrons. The van der Waals surface area contributed by atoms with Crippen LogP contribution in [0.4, 0.5) is 10.8 Å². The number of nitrogens with two attached hydrogens (primary N) is 1. The number of Topliss-reactive ketones (excluding diaryl/α,β-unsaturated/α-hetero) is 1. The van der Waals surface area contributed by atoms with Crippen LogP contribution in [0.15, 0.2) is 24.3 Å². The molecule has 114 valence electrons. The minimum absolute atomic E-state index is 0.0730. The highest BCUT2D eigenvalue weighted by Gasteiger charge is 2.34. The van der Waals surface area contributed by atoms with E-state index in [0.717, 1.165) is 12.1 Å². The molecule has 0 bridgehead atoms. The predicted molar refractivity (Wildman–Crippen MR) is 87.4 cm³/mol. The molecule has 1 aliphatic rings. The summed E-state index contributed by atoms with van der Waals surface area (Å²) in [5.41, 5.74) is 7.44. The van der Waals surface area contributed by atoms with Gasteiger partial charge in [-0.15, -0.1) is 0 Å². The molecule has 5 nitrogen and oxygen atoms in total. The molecule has 0 atom stereocenters. The van der Waals surface area contributed by atoms with Crippen molar-refractivity contribution in [1.82, 2.24) is 4.98 Å². The van der Waals surface area contributed by atoms with Crippen molar-refractivity contribution in [1.29, 1.82) is 0 Å². The third-order valence-corrected chi connectivity index (χ3v) is 4.68. The van der Waals surface area contributed by atoms with Gasteiger partial charge in [-0.25, -0.2) is 4.98 Å². The summed E-state index contributed by atoms with van der Waals surface area (Å²) in [6.07, 6.45) is 1.27. The highest BCUT2D eigenvalue weighted by Crippen LogP contribution is 2.38. The second-order valence-corrected chi connectivity index (χ2v) is 7.31. The molecule has 1 aromatic heterocycles. The molecule has 3 rings (SSSR count). The number of thiazole rings is 1. The fourth-order valence-corrected chi connectivity index (χ4v) is 3.49. The molecule has 3 N–H and O–H groups in total. The predicted octanol–water partition coefficient (Wildman–Crippen LogP) is 3.13. The first-order valence-electron chi connectivity index (χ1n) is 7.04. The van der Waals surface area contributed by atoms with E-state index in [1.54, 1.807) is 24.3 Å². The van der Waals surface area contributed by atoms with Gasteiger partial charge in [0, 0.05) is 17.7 Å². The second-order valence-electron chi connectivity index (χ2n) is 6.31. The maximum Gasteiger partial charge on any atom is 0.257 e. The lowest BCUT2D eigenvalue weighted by Gasteiger charge is -2.26. The van der Waals surface area contributed by atoms with Crippen LogP contribution in [0.3, 0.4) is 0 Å². The number of carbonyl (C=O) groups excluding carboxylic acids is 2. The van der Waals surface area contributed by atoms with Crippen molar-refractivity contribution in [3.8, 4) is 0 Å². The SMILES string of the molecule is CC1(C)CC(=O)c2sc(NC(=O)c3ccc(N)cc3)nc2C1. The summed E-state index contributed by atoms with van der Waals surface area (Å²) in [6.45, 7) is 4.11. The Balaban J connectivity index is 1.81. The zero-order chi connectivity index (χ0) is 15.9. The van der Waals surface area contributed by atoms with E-state index < -0.39 is 0 Å². The number of ketones is 1. The topological polar surface area (TPSA) is 85.1 Å². The second kappa shape index (κ2) is 5.21. The number of nitrogens with one attached hydrogen (secondary N) is 1. The van der Waals surface area contributed by atoms with Crippen LogP contribution in [0, 0.1) is 5.41 Å². The third kappa shape index (κ3) is 2.87. The van der Waals surface area contributed by atoms with Gasteiger partial charge < -0.3 is 5.73 Å². The summed E-state index contributed by atoms with van der Waals surface area (Å²) in [5.74, 6) is -0.144. The highest BCUT2D eigenvalue weighted by molar-refractivity contribution is 7.17. The normalized spacial score (nSPS) is 16.2. The molecule has 1 aromatic carbocycles. The maximum atomic E-state index is 12.2. The van der Waals surface area contributed by atoms with Crippen LogP contribution in [0.2, 0.25) is 0 Å². The average molecular weight is 315 g/mol. The van der Waals surface area contributed by atoms with Crippen LogP contribution < -0.4 is 11.1 Å². The standard InChI is InChI=1S/C16H17N3O2S/c1-16(2)7-11-13(12(20)8-16)22-15(18-11)19-14(21)9-3-5-10(17)6-4-9/h3-6H,7-8,17H2,1-2H3,(H,18,19,21). The Hall–Kier alpha value is -2.21. The molecule has 1 aliphatic carbocycles. The van der Waals surface area contributed by atoms with E-state index in [1.165, 1.54) is 11.3 Å². The minimum Gasteiger partial charge on any atom is -0.399 e. The number of rotatable bonds is 2. The van der Waals surface area contributed by atoms with Crippen molar-refractivity contribution in [3.63, 3.8) is 0 Å². The Labute approximate surface area is 132 Å². The van der Waals surface area contributed by atoms with Crippen molar-refractivity contribution < 1.29 is 9.59 Å². The molecule has 0 unspecified atom stereocenters. The summed E-state index contributed by atoms with van der Waals surface area (Å²) in [6, 6.07) is 6.67. The Morgan fingerprint density at radius 3 is 2.64 bits per heavy atom. The van der Waals surface area contributed by atoms with E-state index in [-0.39, 0.29) is 17.1 Å². The van der Waals surface area contributed by atoms with Crippen LogP contribution >= 0.6 is 11.3 Å². The fourth-order valence-electron chi connectivity index (χ4n) is 2.58. The largest absolute Gasteiger partial charge is 0.399 e. The van der Waals surface area contributed by atoms with Crippen LogP contribution in [0.1, 0.15) is 46.0 Å². The highest BCUT2D eigenvalue weighted by atomic mass is 32.1. The summed E-state index contributed by atoms with van der Waals surface area (Å²) < 4.78 is 0. The number of anilines is 2. The van der Waals surface area contributed by atoms with Crippen molar-refractivity contribution in [2.75, 3.05) is 11.1 Å². The van der Waals surface area contributed by atoms with Gasteiger partial charge >= 0.3 is 0 Å². The molecule has 0 spiro atoms. The number of aromatic nitrogens is 1.